The lowest BCUT2D eigenvalue weighted by atomic mass is 10.1. The molecule has 2 rings (SSSR count). The number of benzene rings is 1. The van der Waals surface area contributed by atoms with Crippen LogP contribution in [0.5, 0.6) is 0 Å². The second-order valence-corrected chi connectivity index (χ2v) is 4.48. The predicted octanol–water partition coefficient (Wildman–Crippen LogP) is 1.40. The van der Waals surface area contributed by atoms with Crippen molar-refractivity contribution in [2.75, 3.05) is 32.7 Å². The molecule has 3 nitrogen and oxygen atoms in total. The van der Waals surface area contributed by atoms with E-state index < -0.39 is 11.6 Å². The van der Waals surface area contributed by atoms with E-state index in [0.717, 1.165) is 32.2 Å². The van der Waals surface area contributed by atoms with Crippen LogP contribution in [0.1, 0.15) is 5.56 Å². The van der Waals surface area contributed by atoms with Crippen LogP contribution >= 0.6 is 12.4 Å². The Morgan fingerprint density at radius 3 is 2.58 bits per heavy atom. The van der Waals surface area contributed by atoms with Gasteiger partial charge < -0.3 is 5.32 Å². The number of piperazine rings is 1. The van der Waals surface area contributed by atoms with Gasteiger partial charge in [-0.05, 0) is 11.6 Å². The highest BCUT2D eigenvalue weighted by Gasteiger charge is 2.15. The number of hydrogen-bond donors (Lipinski definition) is 1. The lowest BCUT2D eigenvalue weighted by Gasteiger charge is -2.26. The highest BCUT2D eigenvalue weighted by Crippen LogP contribution is 2.10. The first-order valence-electron chi connectivity index (χ1n) is 6.04. The Bertz CT molecular complexity index is 437. The number of halogens is 3. The van der Waals surface area contributed by atoms with Gasteiger partial charge in [-0.3, -0.25) is 9.69 Å². The van der Waals surface area contributed by atoms with Gasteiger partial charge in [0, 0.05) is 38.7 Å². The first kappa shape index (κ1) is 16.0. The average molecular weight is 291 g/mol. The van der Waals surface area contributed by atoms with Gasteiger partial charge in [0.2, 0.25) is 0 Å². The molecular weight excluding hydrogens is 274 g/mol. The fraction of sp³-hybridized carbons (Fsp3) is 0.462. The lowest BCUT2D eigenvalue weighted by Crippen LogP contribution is -2.45. The molecule has 19 heavy (non-hydrogen) atoms. The number of Topliss-reactive ketones (excluding diaryl/α,β-unsaturated/α-hetero) is 1. The molecular formula is C13H17ClF2N2O. The predicted molar refractivity (Wildman–Crippen MR) is 71.6 cm³/mol. The maximum Gasteiger partial charge on any atom is 0.151 e. The summed E-state index contributed by atoms with van der Waals surface area (Å²) in [6.07, 6.45) is 0.0239. The highest BCUT2D eigenvalue weighted by molar-refractivity contribution is 5.85. The Morgan fingerprint density at radius 2 is 1.95 bits per heavy atom. The smallest absolute Gasteiger partial charge is 0.151 e. The van der Waals surface area contributed by atoms with Crippen molar-refractivity contribution in [3.63, 3.8) is 0 Å². The minimum Gasteiger partial charge on any atom is -0.314 e. The van der Waals surface area contributed by atoms with Crippen LogP contribution in [0.25, 0.3) is 0 Å². The van der Waals surface area contributed by atoms with E-state index in [-0.39, 0.29) is 30.2 Å². The van der Waals surface area contributed by atoms with E-state index in [0.29, 0.717) is 6.54 Å². The van der Waals surface area contributed by atoms with E-state index in [1.807, 2.05) is 4.90 Å². The van der Waals surface area contributed by atoms with Crippen LogP contribution in [0.2, 0.25) is 0 Å². The molecule has 1 aliphatic heterocycles. The molecule has 0 aliphatic carbocycles. The highest BCUT2D eigenvalue weighted by atomic mass is 35.5. The van der Waals surface area contributed by atoms with Crippen molar-refractivity contribution in [3.05, 3.63) is 35.4 Å². The molecule has 1 aliphatic rings. The summed E-state index contributed by atoms with van der Waals surface area (Å²) in [5.41, 5.74) is 0.261. The molecule has 0 spiro atoms. The summed E-state index contributed by atoms with van der Waals surface area (Å²) < 4.78 is 26.1. The third kappa shape index (κ3) is 4.86. The van der Waals surface area contributed by atoms with E-state index in [4.69, 9.17) is 0 Å². The van der Waals surface area contributed by atoms with Gasteiger partial charge in [-0.15, -0.1) is 12.4 Å². The van der Waals surface area contributed by atoms with Gasteiger partial charge in [0.1, 0.15) is 11.6 Å². The Hall–Kier alpha value is -1.04. The number of rotatable bonds is 4. The van der Waals surface area contributed by atoms with E-state index in [9.17, 15) is 13.6 Å². The Balaban J connectivity index is 0.00000180. The Kier molecular flexibility index (Phi) is 6.34. The molecule has 0 bridgehead atoms. The van der Waals surface area contributed by atoms with Crippen molar-refractivity contribution in [1.82, 2.24) is 10.2 Å². The van der Waals surface area contributed by atoms with Crippen LogP contribution in [0, 0.1) is 11.6 Å². The monoisotopic (exact) mass is 290 g/mol. The topological polar surface area (TPSA) is 32.3 Å². The van der Waals surface area contributed by atoms with Crippen LogP contribution in [0.4, 0.5) is 8.78 Å². The number of nitrogens with zero attached hydrogens (tertiary/aromatic N) is 1. The summed E-state index contributed by atoms with van der Waals surface area (Å²) >= 11 is 0. The molecule has 0 unspecified atom stereocenters. The van der Waals surface area contributed by atoms with Crippen molar-refractivity contribution in [1.29, 1.82) is 0 Å². The second-order valence-electron chi connectivity index (χ2n) is 4.48. The Morgan fingerprint density at radius 1 is 1.26 bits per heavy atom. The molecule has 0 radical (unpaired) electrons. The normalized spacial score (nSPS) is 15.9. The van der Waals surface area contributed by atoms with Gasteiger partial charge in [-0.25, -0.2) is 8.78 Å². The number of carbonyl (C=O) groups excluding carboxylic acids is 1. The van der Waals surface area contributed by atoms with Gasteiger partial charge in [0.25, 0.3) is 0 Å². The first-order valence-corrected chi connectivity index (χ1v) is 6.04. The molecule has 106 valence electrons. The third-order valence-corrected chi connectivity index (χ3v) is 3.01. The van der Waals surface area contributed by atoms with Crippen molar-refractivity contribution < 1.29 is 13.6 Å². The summed E-state index contributed by atoms with van der Waals surface area (Å²) in [5, 5.41) is 3.20. The van der Waals surface area contributed by atoms with Crippen LogP contribution in [0.3, 0.4) is 0 Å². The number of ketones is 1. The van der Waals surface area contributed by atoms with Crippen molar-refractivity contribution in [2.45, 2.75) is 6.42 Å². The molecule has 0 amide bonds. The zero-order chi connectivity index (χ0) is 13.0. The van der Waals surface area contributed by atoms with Crippen LogP contribution in [-0.2, 0) is 11.2 Å². The number of nitrogens with one attached hydrogen (secondary N) is 1. The van der Waals surface area contributed by atoms with Gasteiger partial charge >= 0.3 is 0 Å². The van der Waals surface area contributed by atoms with E-state index in [2.05, 4.69) is 5.32 Å². The van der Waals surface area contributed by atoms with Crippen molar-refractivity contribution in [2.24, 2.45) is 0 Å². The fourth-order valence-electron chi connectivity index (χ4n) is 2.05. The summed E-state index contributed by atoms with van der Waals surface area (Å²) in [5.74, 6) is -1.31. The zero-order valence-electron chi connectivity index (χ0n) is 10.5. The Labute approximate surface area is 117 Å². The molecule has 1 aromatic rings. The molecule has 1 fully saturated rings. The van der Waals surface area contributed by atoms with Crippen LogP contribution in [-0.4, -0.2) is 43.4 Å². The van der Waals surface area contributed by atoms with E-state index in [1.165, 1.54) is 12.1 Å². The minimum atomic E-state index is -0.649. The maximum absolute atomic E-state index is 13.4. The first-order chi connectivity index (χ1) is 8.65. The van der Waals surface area contributed by atoms with E-state index in [1.54, 1.807) is 0 Å². The van der Waals surface area contributed by atoms with Crippen LogP contribution in [0.15, 0.2) is 18.2 Å². The minimum absolute atomic E-state index is 0. The molecule has 1 N–H and O–H groups in total. The molecule has 0 atom stereocenters. The standard InChI is InChI=1S/C13H16F2N2O.ClH/c14-11-2-1-10(13(15)8-11)7-12(18)9-17-5-3-16-4-6-17;/h1-2,8,16H,3-7,9H2;1H. The summed E-state index contributed by atoms with van der Waals surface area (Å²) in [6.45, 7) is 3.74. The molecule has 1 heterocycles. The SMILES string of the molecule is Cl.O=C(Cc1ccc(F)cc1F)CN1CCNCC1. The second kappa shape index (κ2) is 7.53. The van der Waals surface area contributed by atoms with Gasteiger partial charge in [0.05, 0.1) is 6.54 Å². The summed E-state index contributed by atoms with van der Waals surface area (Å²) in [7, 11) is 0. The molecule has 1 saturated heterocycles. The largest absolute Gasteiger partial charge is 0.314 e. The van der Waals surface area contributed by atoms with Crippen molar-refractivity contribution in [3.8, 4) is 0 Å². The maximum atomic E-state index is 13.4. The fourth-order valence-corrected chi connectivity index (χ4v) is 2.05. The quantitative estimate of drug-likeness (QED) is 0.910. The number of hydrogen-bond acceptors (Lipinski definition) is 3. The van der Waals surface area contributed by atoms with Crippen LogP contribution < -0.4 is 5.32 Å². The average Bonchev–Trinajstić information content (AvgIpc) is 2.34. The lowest BCUT2D eigenvalue weighted by molar-refractivity contribution is -0.119. The third-order valence-electron chi connectivity index (χ3n) is 3.01. The van der Waals surface area contributed by atoms with Gasteiger partial charge in [0.15, 0.2) is 5.78 Å². The number of carbonyl (C=O) groups is 1. The summed E-state index contributed by atoms with van der Waals surface area (Å²) in [6, 6.07) is 3.32. The molecule has 1 aromatic carbocycles. The van der Waals surface area contributed by atoms with Gasteiger partial charge in [-0.2, -0.15) is 0 Å². The van der Waals surface area contributed by atoms with E-state index >= 15 is 0 Å². The summed E-state index contributed by atoms with van der Waals surface area (Å²) in [4.78, 5) is 13.8. The zero-order valence-corrected chi connectivity index (χ0v) is 11.3. The molecule has 0 saturated carbocycles. The molecule has 0 aromatic heterocycles. The van der Waals surface area contributed by atoms with Crippen molar-refractivity contribution >= 4 is 18.2 Å². The van der Waals surface area contributed by atoms with Gasteiger partial charge in [-0.1, -0.05) is 6.07 Å². The molecule has 6 heteroatoms.